The lowest BCUT2D eigenvalue weighted by molar-refractivity contribution is 0.101. The van der Waals surface area contributed by atoms with Crippen molar-refractivity contribution in [3.63, 3.8) is 0 Å². The standard InChI is InChI=1S/C26H15Br2Cl2N2O2/c27-15-7-11-17(12-8-15)31-25(33)21-5-1-4-20(24(21)30)19-3-2-6-22(28)23(19)26(34)32-18-13-9-16(29)10-14-18/h1-4,6-14H,(H,31,33)(H,32,34). The van der Waals surface area contributed by atoms with E-state index in [2.05, 4.69) is 48.6 Å². The smallest absolute Gasteiger partial charge is 0.257 e. The molecule has 2 N–H and O–H groups in total. The molecule has 0 fully saturated rings. The maximum absolute atomic E-state index is 13.2. The third kappa shape index (κ3) is 5.53. The van der Waals surface area contributed by atoms with Crippen LogP contribution in [0.5, 0.6) is 0 Å². The van der Waals surface area contributed by atoms with Crippen molar-refractivity contribution in [2.45, 2.75) is 0 Å². The van der Waals surface area contributed by atoms with E-state index in [-0.39, 0.29) is 16.5 Å². The van der Waals surface area contributed by atoms with E-state index in [1.165, 1.54) is 0 Å². The Morgan fingerprint density at radius 2 is 1.35 bits per heavy atom. The number of benzene rings is 4. The van der Waals surface area contributed by atoms with Crippen molar-refractivity contribution >= 4 is 78.3 Å². The van der Waals surface area contributed by atoms with Crippen LogP contribution in [0.25, 0.3) is 11.1 Å². The van der Waals surface area contributed by atoms with Crippen molar-refractivity contribution in [1.29, 1.82) is 0 Å². The van der Waals surface area contributed by atoms with Crippen molar-refractivity contribution in [3.05, 3.63) is 115 Å². The Labute approximate surface area is 223 Å². The highest BCUT2D eigenvalue weighted by molar-refractivity contribution is 9.10. The summed E-state index contributed by atoms with van der Waals surface area (Å²) in [6, 6.07) is 25.6. The van der Waals surface area contributed by atoms with Crippen molar-refractivity contribution in [2.75, 3.05) is 10.6 Å². The molecule has 8 heteroatoms. The normalized spacial score (nSPS) is 10.6. The summed E-state index contributed by atoms with van der Waals surface area (Å²) in [7, 11) is 0. The molecule has 0 aliphatic rings. The van der Waals surface area contributed by atoms with Crippen LogP contribution in [0, 0.1) is 6.07 Å². The fraction of sp³-hybridized carbons (Fsp3) is 0. The minimum absolute atomic E-state index is 0.172. The average Bonchev–Trinajstić information content (AvgIpc) is 2.82. The van der Waals surface area contributed by atoms with Crippen molar-refractivity contribution in [1.82, 2.24) is 0 Å². The first-order valence-electron chi connectivity index (χ1n) is 9.96. The molecule has 0 aliphatic heterocycles. The monoisotopic (exact) mass is 615 g/mol. The molecule has 0 heterocycles. The molecule has 4 aromatic carbocycles. The molecule has 34 heavy (non-hydrogen) atoms. The van der Waals surface area contributed by atoms with Crippen LogP contribution in [-0.2, 0) is 0 Å². The van der Waals surface area contributed by atoms with Gasteiger partial charge in [-0.25, -0.2) is 0 Å². The number of hydrogen-bond acceptors (Lipinski definition) is 2. The fourth-order valence-corrected chi connectivity index (χ4v) is 4.53. The number of rotatable bonds is 5. The van der Waals surface area contributed by atoms with E-state index in [4.69, 9.17) is 23.2 Å². The van der Waals surface area contributed by atoms with Gasteiger partial charge in [0.1, 0.15) is 0 Å². The zero-order valence-corrected chi connectivity index (χ0v) is 22.0. The lowest BCUT2D eigenvalue weighted by Crippen LogP contribution is -2.15. The van der Waals surface area contributed by atoms with Gasteiger partial charge in [-0.1, -0.05) is 63.4 Å². The highest BCUT2D eigenvalue weighted by Crippen LogP contribution is 2.36. The minimum atomic E-state index is -0.406. The quantitative estimate of drug-likeness (QED) is 0.236. The molecule has 0 saturated carbocycles. The molecule has 4 aromatic rings. The lowest BCUT2D eigenvalue weighted by atomic mass is 9.97. The van der Waals surface area contributed by atoms with Crippen LogP contribution in [0.2, 0.25) is 10.0 Å². The van der Waals surface area contributed by atoms with Crippen molar-refractivity contribution in [2.24, 2.45) is 0 Å². The van der Waals surface area contributed by atoms with E-state index < -0.39 is 5.91 Å². The number of carbonyl (C=O) groups is 2. The molecule has 0 aromatic heterocycles. The predicted octanol–water partition coefficient (Wildman–Crippen LogP) is 8.49. The second-order valence-electron chi connectivity index (χ2n) is 7.16. The Hall–Kier alpha value is -2.64. The summed E-state index contributed by atoms with van der Waals surface area (Å²) in [6.07, 6.45) is 0. The van der Waals surface area contributed by atoms with Crippen LogP contribution in [0.1, 0.15) is 20.7 Å². The first-order chi connectivity index (χ1) is 16.3. The number of anilines is 2. The molecule has 0 spiro atoms. The lowest BCUT2D eigenvalue weighted by Gasteiger charge is -2.15. The van der Waals surface area contributed by atoms with Gasteiger partial charge in [0, 0.05) is 30.9 Å². The highest BCUT2D eigenvalue weighted by Gasteiger charge is 2.21. The van der Waals surface area contributed by atoms with Gasteiger partial charge in [0.25, 0.3) is 11.8 Å². The minimum Gasteiger partial charge on any atom is -0.322 e. The van der Waals surface area contributed by atoms with Gasteiger partial charge >= 0.3 is 0 Å². The summed E-state index contributed by atoms with van der Waals surface area (Å²) in [5.74, 6) is -0.745. The average molecular weight is 618 g/mol. The number of nitrogens with one attached hydrogen (secondary N) is 2. The SMILES string of the molecule is O=C(Nc1ccc(Br)cc1)c1[c]ccc(-c2cccc(Br)c2C(=O)Nc2ccc(Cl)cc2)c1Cl. The van der Waals surface area contributed by atoms with Crippen LogP contribution in [0.3, 0.4) is 0 Å². The summed E-state index contributed by atoms with van der Waals surface area (Å²) < 4.78 is 1.48. The molecule has 4 nitrogen and oxygen atoms in total. The van der Waals surface area contributed by atoms with Gasteiger partial charge in [0.15, 0.2) is 0 Å². The Bertz CT molecular complexity index is 1370. The summed E-state index contributed by atoms with van der Waals surface area (Å²) in [5.41, 5.74) is 2.86. The van der Waals surface area contributed by atoms with Gasteiger partial charge in [-0.2, -0.15) is 0 Å². The number of amides is 2. The third-order valence-corrected chi connectivity index (χ3v) is 6.73. The van der Waals surface area contributed by atoms with Gasteiger partial charge in [-0.15, -0.1) is 0 Å². The van der Waals surface area contributed by atoms with E-state index in [0.29, 0.717) is 37.6 Å². The molecule has 2 amide bonds. The molecular weight excluding hydrogens is 603 g/mol. The summed E-state index contributed by atoms with van der Waals surface area (Å²) in [5, 5.41) is 6.45. The third-order valence-electron chi connectivity index (χ3n) is 4.90. The molecule has 0 saturated heterocycles. The van der Waals surface area contributed by atoms with Crippen LogP contribution in [-0.4, -0.2) is 11.8 Å². The van der Waals surface area contributed by atoms with Gasteiger partial charge < -0.3 is 10.6 Å². The Balaban J connectivity index is 1.69. The molecule has 169 valence electrons. The van der Waals surface area contributed by atoms with Gasteiger partial charge in [-0.05, 0) is 82.2 Å². The Kier molecular flexibility index (Phi) is 7.73. The van der Waals surface area contributed by atoms with E-state index in [0.717, 1.165) is 4.47 Å². The topological polar surface area (TPSA) is 58.2 Å². The highest BCUT2D eigenvalue weighted by atomic mass is 79.9. The Morgan fingerprint density at radius 1 is 0.735 bits per heavy atom. The maximum atomic E-state index is 13.2. The second kappa shape index (κ2) is 10.7. The summed E-state index contributed by atoms with van der Waals surface area (Å²) >= 11 is 19.5. The zero-order chi connectivity index (χ0) is 24.2. The van der Waals surface area contributed by atoms with Gasteiger partial charge in [-0.3, -0.25) is 9.59 Å². The molecular formula is C26H15Br2Cl2N2O2. The maximum Gasteiger partial charge on any atom is 0.257 e. The van der Waals surface area contributed by atoms with Crippen LogP contribution >= 0.6 is 55.1 Å². The van der Waals surface area contributed by atoms with Crippen LogP contribution in [0.15, 0.2) is 87.8 Å². The van der Waals surface area contributed by atoms with Crippen LogP contribution in [0.4, 0.5) is 11.4 Å². The molecule has 4 rings (SSSR count). The van der Waals surface area contributed by atoms with Gasteiger partial charge in [0.05, 0.1) is 16.1 Å². The zero-order valence-electron chi connectivity index (χ0n) is 17.3. The van der Waals surface area contributed by atoms with Crippen molar-refractivity contribution < 1.29 is 9.59 Å². The van der Waals surface area contributed by atoms with Crippen molar-refractivity contribution in [3.8, 4) is 11.1 Å². The van der Waals surface area contributed by atoms with E-state index in [1.54, 1.807) is 66.7 Å². The first kappa shape index (κ1) is 24.5. The second-order valence-corrected chi connectivity index (χ2v) is 9.75. The predicted molar refractivity (Wildman–Crippen MR) is 145 cm³/mol. The fourth-order valence-electron chi connectivity index (χ4n) is 3.29. The molecule has 0 unspecified atom stereocenters. The number of hydrogen-bond donors (Lipinski definition) is 2. The molecule has 0 atom stereocenters. The molecule has 0 aliphatic carbocycles. The summed E-state index contributed by atoms with van der Waals surface area (Å²) in [4.78, 5) is 26.1. The molecule has 0 bridgehead atoms. The summed E-state index contributed by atoms with van der Waals surface area (Å²) in [6.45, 7) is 0. The molecule has 1 radical (unpaired) electrons. The largest absolute Gasteiger partial charge is 0.322 e. The van der Waals surface area contributed by atoms with E-state index >= 15 is 0 Å². The van der Waals surface area contributed by atoms with E-state index in [1.807, 2.05) is 12.1 Å². The Morgan fingerprint density at radius 3 is 2.03 bits per heavy atom. The van der Waals surface area contributed by atoms with Gasteiger partial charge in [0.2, 0.25) is 0 Å². The first-order valence-corrected chi connectivity index (χ1v) is 12.3. The van der Waals surface area contributed by atoms with Crippen LogP contribution < -0.4 is 10.6 Å². The number of halogens is 4. The number of carbonyl (C=O) groups excluding carboxylic acids is 2. The van der Waals surface area contributed by atoms with E-state index in [9.17, 15) is 9.59 Å².